The van der Waals surface area contributed by atoms with E-state index in [1.54, 1.807) is 0 Å². The second-order valence-corrected chi connectivity index (χ2v) is 20.4. The van der Waals surface area contributed by atoms with Crippen molar-refractivity contribution < 1.29 is 28.6 Å². The molecule has 6 nitrogen and oxygen atoms in total. The second-order valence-electron chi connectivity index (χ2n) is 20.4. The summed E-state index contributed by atoms with van der Waals surface area (Å²) in [5.74, 6) is 1.65. The van der Waals surface area contributed by atoms with Gasteiger partial charge in [-0.2, -0.15) is 0 Å². The topological polar surface area (TPSA) is 78.9 Å². The van der Waals surface area contributed by atoms with E-state index < -0.39 is 6.10 Å². The number of hydrogen-bond donors (Lipinski definition) is 0. The highest BCUT2D eigenvalue weighted by Crippen LogP contribution is 2.18. The Morgan fingerprint density at radius 2 is 0.565 bits per heavy atom. The molecule has 0 bridgehead atoms. The fourth-order valence-corrected chi connectivity index (χ4v) is 8.44. The minimum absolute atomic E-state index is 0.0646. The van der Waals surface area contributed by atoms with Crippen LogP contribution in [0.4, 0.5) is 0 Å². The Balaban J connectivity index is 4.27. The van der Waals surface area contributed by atoms with Gasteiger partial charge in [0.2, 0.25) is 0 Å². The smallest absolute Gasteiger partial charge is 0.306 e. The summed E-state index contributed by atoms with van der Waals surface area (Å²) in [5.41, 5.74) is 0. The van der Waals surface area contributed by atoms with Crippen LogP contribution in [0.2, 0.25) is 0 Å². The van der Waals surface area contributed by atoms with Gasteiger partial charge < -0.3 is 14.2 Å². The minimum atomic E-state index is -0.763. The third-order valence-electron chi connectivity index (χ3n) is 13.0. The number of rotatable bonds is 49. The number of esters is 3. The van der Waals surface area contributed by atoms with Crippen LogP contribution in [-0.4, -0.2) is 37.2 Å². The number of carbonyl (C=O) groups excluding carboxylic acids is 3. The zero-order valence-electron chi connectivity index (χ0n) is 42.7. The molecule has 0 aliphatic carbocycles. The van der Waals surface area contributed by atoms with E-state index in [1.807, 2.05) is 0 Å². The van der Waals surface area contributed by atoms with Crippen molar-refractivity contribution in [2.75, 3.05) is 13.2 Å². The molecule has 0 saturated heterocycles. The van der Waals surface area contributed by atoms with Crippen molar-refractivity contribution >= 4 is 17.9 Å². The zero-order valence-corrected chi connectivity index (χ0v) is 42.7. The molecule has 0 saturated carbocycles. The molecule has 6 heteroatoms. The third-order valence-corrected chi connectivity index (χ3v) is 13.0. The summed E-state index contributed by atoms with van der Waals surface area (Å²) >= 11 is 0. The SMILES string of the molecule is CCC(C)CCCCCCCCC(=O)OC[C@H](COC(=O)CCCCCCCCCCCCCCCC(C)C)OC(=O)CCCCCCCCCCCCCCCCCC(C)C. The van der Waals surface area contributed by atoms with Crippen LogP contribution in [0.25, 0.3) is 0 Å². The van der Waals surface area contributed by atoms with Crippen LogP contribution < -0.4 is 0 Å². The van der Waals surface area contributed by atoms with E-state index >= 15 is 0 Å². The summed E-state index contributed by atoms with van der Waals surface area (Å²) in [6, 6.07) is 0. The summed E-state index contributed by atoms with van der Waals surface area (Å²) < 4.78 is 16.8. The zero-order chi connectivity index (χ0) is 45.6. The molecule has 62 heavy (non-hydrogen) atoms. The lowest BCUT2D eigenvalue weighted by Crippen LogP contribution is -2.30. The van der Waals surface area contributed by atoms with Crippen molar-refractivity contribution in [3.63, 3.8) is 0 Å². The molecule has 368 valence electrons. The molecule has 0 spiro atoms. The molecule has 0 aromatic heterocycles. The van der Waals surface area contributed by atoms with E-state index in [0.717, 1.165) is 75.5 Å². The number of unbranched alkanes of at least 4 members (excludes halogenated alkanes) is 31. The highest BCUT2D eigenvalue weighted by Gasteiger charge is 2.19. The van der Waals surface area contributed by atoms with Crippen molar-refractivity contribution in [2.45, 2.75) is 311 Å². The molecule has 0 radical (unpaired) electrons. The van der Waals surface area contributed by atoms with Gasteiger partial charge >= 0.3 is 17.9 Å². The van der Waals surface area contributed by atoms with Crippen LogP contribution in [0.3, 0.4) is 0 Å². The molecule has 0 aliphatic heterocycles. The predicted molar refractivity (Wildman–Crippen MR) is 266 cm³/mol. The molecule has 0 aromatic carbocycles. The van der Waals surface area contributed by atoms with Crippen LogP contribution in [0.1, 0.15) is 305 Å². The van der Waals surface area contributed by atoms with E-state index in [2.05, 4.69) is 41.5 Å². The fraction of sp³-hybridized carbons (Fsp3) is 0.946. The molecule has 2 atom stereocenters. The van der Waals surface area contributed by atoms with Gasteiger partial charge in [-0.3, -0.25) is 14.4 Å². The Kier molecular flexibility index (Phi) is 46.2. The van der Waals surface area contributed by atoms with Gasteiger partial charge in [0, 0.05) is 19.3 Å². The Morgan fingerprint density at radius 1 is 0.323 bits per heavy atom. The van der Waals surface area contributed by atoms with E-state index in [0.29, 0.717) is 19.3 Å². The third kappa shape index (κ3) is 47.9. The number of ether oxygens (including phenoxy) is 3. The first-order valence-electron chi connectivity index (χ1n) is 27.6. The largest absolute Gasteiger partial charge is 0.462 e. The fourth-order valence-electron chi connectivity index (χ4n) is 8.44. The van der Waals surface area contributed by atoms with E-state index in [4.69, 9.17) is 14.2 Å². The summed E-state index contributed by atoms with van der Waals surface area (Å²) in [5, 5.41) is 0. The van der Waals surface area contributed by atoms with E-state index in [1.165, 1.54) is 186 Å². The highest BCUT2D eigenvalue weighted by atomic mass is 16.6. The Labute approximate surface area is 387 Å². The van der Waals surface area contributed by atoms with Crippen molar-refractivity contribution in [3.05, 3.63) is 0 Å². The lowest BCUT2D eigenvalue weighted by Gasteiger charge is -2.18. The lowest BCUT2D eigenvalue weighted by atomic mass is 10.00. The monoisotopic (exact) mass is 877 g/mol. The molecular weight excluding hydrogens is 769 g/mol. The van der Waals surface area contributed by atoms with Gasteiger partial charge in [-0.25, -0.2) is 0 Å². The molecule has 0 aromatic rings. The van der Waals surface area contributed by atoms with E-state index in [9.17, 15) is 14.4 Å². The molecular formula is C56H108O6. The second kappa shape index (κ2) is 47.4. The molecule has 0 N–H and O–H groups in total. The van der Waals surface area contributed by atoms with Gasteiger partial charge in [-0.05, 0) is 37.0 Å². The van der Waals surface area contributed by atoms with Gasteiger partial charge in [0.05, 0.1) is 0 Å². The molecule has 0 rings (SSSR count). The molecule has 0 amide bonds. The van der Waals surface area contributed by atoms with Crippen LogP contribution >= 0.6 is 0 Å². The summed E-state index contributed by atoms with van der Waals surface area (Å²) in [6.45, 7) is 13.7. The van der Waals surface area contributed by atoms with Crippen LogP contribution in [0, 0.1) is 17.8 Å². The quantitative estimate of drug-likeness (QED) is 0.0344. The molecule has 0 aliphatic rings. The van der Waals surface area contributed by atoms with Crippen molar-refractivity contribution in [1.29, 1.82) is 0 Å². The van der Waals surface area contributed by atoms with Gasteiger partial charge in [0.15, 0.2) is 6.10 Å². The normalized spacial score (nSPS) is 12.6. The average Bonchev–Trinajstić information content (AvgIpc) is 3.24. The summed E-state index contributed by atoms with van der Waals surface area (Å²) in [7, 11) is 0. The summed E-state index contributed by atoms with van der Waals surface area (Å²) in [6.07, 6.45) is 48.1. The van der Waals surface area contributed by atoms with Crippen LogP contribution in [0.15, 0.2) is 0 Å². The standard InChI is InChI=1S/C56H108O6/c1-7-52(6)44-38-32-28-29-34-40-46-55(58)61-49-53(48-60-54(57)45-39-33-26-22-18-15-11-13-17-21-25-31-37-43-51(4)5)62-56(59)47-41-35-27-23-19-14-10-8-9-12-16-20-24-30-36-42-50(2)3/h50-53H,7-49H2,1-6H3/t52?,53-/m0/s1. The first-order chi connectivity index (χ1) is 30.1. The predicted octanol–water partition coefficient (Wildman–Crippen LogP) is 17.9. The highest BCUT2D eigenvalue weighted by molar-refractivity contribution is 5.71. The lowest BCUT2D eigenvalue weighted by molar-refractivity contribution is -0.167. The number of hydrogen-bond acceptors (Lipinski definition) is 6. The van der Waals surface area contributed by atoms with Gasteiger partial charge in [0.1, 0.15) is 13.2 Å². The maximum atomic E-state index is 12.8. The molecule has 0 fully saturated rings. The maximum absolute atomic E-state index is 12.8. The van der Waals surface area contributed by atoms with Crippen LogP contribution in [-0.2, 0) is 28.6 Å². The van der Waals surface area contributed by atoms with Crippen molar-refractivity contribution in [2.24, 2.45) is 17.8 Å². The Hall–Kier alpha value is -1.59. The van der Waals surface area contributed by atoms with Crippen LogP contribution in [0.5, 0.6) is 0 Å². The minimum Gasteiger partial charge on any atom is -0.462 e. The first-order valence-corrected chi connectivity index (χ1v) is 27.6. The van der Waals surface area contributed by atoms with Gasteiger partial charge in [0.25, 0.3) is 0 Å². The van der Waals surface area contributed by atoms with Crippen molar-refractivity contribution in [3.8, 4) is 0 Å². The number of carbonyl (C=O) groups is 3. The maximum Gasteiger partial charge on any atom is 0.306 e. The van der Waals surface area contributed by atoms with Crippen molar-refractivity contribution in [1.82, 2.24) is 0 Å². The first kappa shape index (κ1) is 60.4. The summed E-state index contributed by atoms with van der Waals surface area (Å²) in [4.78, 5) is 38.0. The van der Waals surface area contributed by atoms with Gasteiger partial charge in [-0.1, -0.05) is 266 Å². The van der Waals surface area contributed by atoms with Gasteiger partial charge in [-0.15, -0.1) is 0 Å². The van der Waals surface area contributed by atoms with E-state index in [-0.39, 0.29) is 31.1 Å². The Bertz CT molecular complexity index is 962. The molecule has 1 unspecified atom stereocenters. The molecule has 0 heterocycles. The Morgan fingerprint density at radius 3 is 0.839 bits per heavy atom. The average molecular weight is 877 g/mol.